The third-order valence-corrected chi connectivity index (χ3v) is 5.81. The third kappa shape index (κ3) is 5.56. The van der Waals surface area contributed by atoms with Crippen LogP contribution < -0.4 is 5.32 Å². The molecule has 0 atom stereocenters. The molecule has 27 heavy (non-hydrogen) atoms. The Morgan fingerprint density at radius 2 is 1.93 bits per heavy atom. The fraction of sp³-hybridized carbons (Fsp3) is 0.842. The van der Waals surface area contributed by atoms with Crippen LogP contribution in [-0.4, -0.2) is 58.5 Å². The summed E-state index contributed by atoms with van der Waals surface area (Å²) in [6, 6.07) is 0. The molecule has 3 aliphatic rings. The second-order valence-electron chi connectivity index (χ2n) is 7.86. The number of aliphatic imine (C=N–C) groups is 1. The number of nitrogens with zero attached hydrogens (tertiary/aromatic N) is 5. The predicted molar refractivity (Wildman–Crippen MR) is 116 cm³/mol. The number of ether oxygens (including phenoxy) is 1. The average molecular weight is 488 g/mol. The van der Waals surface area contributed by atoms with Crippen LogP contribution in [0.15, 0.2) is 4.99 Å². The van der Waals surface area contributed by atoms with Gasteiger partial charge >= 0.3 is 0 Å². The summed E-state index contributed by atoms with van der Waals surface area (Å²) in [6.07, 6.45) is 10.1. The number of piperidine rings is 1. The van der Waals surface area contributed by atoms with Gasteiger partial charge < -0.3 is 19.5 Å². The molecule has 1 saturated heterocycles. The zero-order valence-electron chi connectivity index (χ0n) is 16.4. The van der Waals surface area contributed by atoms with Crippen molar-refractivity contribution >= 4 is 29.9 Å². The normalized spacial score (nSPS) is 21.4. The predicted octanol–water partition coefficient (Wildman–Crippen LogP) is 2.59. The Kier molecular flexibility index (Phi) is 7.75. The second-order valence-corrected chi connectivity index (χ2v) is 7.86. The van der Waals surface area contributed by atoms with Crippen LogP contribution >= 0.6 is 24.0 Å². The number of guanidine groups is 1. The molecule has 4 rings (SSSR count). The van der Waals surface area contributed by atoms with Crippen molar-refractivity contribution in [2.45, 2.75) is 70.6 Å². The van der Waals surface area contributed by atoms with Crippen molar-refractivity contribution in [1.29, 1.82) is 0 Å². The first-order valence-corrected chi connectivity index (χ1v) is 10.3. The van der Waals surface area contributed by atoms with Crippen LogP contribution in [0.1, 0.15) is 56.6 Å². The molecule has 3 heterocycles. The number of nitrogens with one attached hydrogen (secondary N) is 1. The molecule has 0 spiro atoms. The number of halogens is 1. The number of aromatic nitrogens is 3. The molecule has 2 aliphatic heterocycles. The van der Waals surface area contributed by atoms with Gasteiger partial charge in [-0.3, -0.25) is 4.99 Å². The molecule has 0 unspecified atom stereocenters. The number of hydrogen-bond donors (Lipinski definition) is 1. The Morgan fingerprint density at radius 3 is 2.67 bits per heavy atom. The fourth-order valence-corrected chi connectivity index (χ4v) is 3.96. The van der Waals surface area contributed by atoms with Gasteiger partial charge in [0, 0.05) is 39.7 Å². The smallest absolute Gasteiger partial charge is 0.194 e. The van der Waals surface area contributed by atoms with Gasteiger partial charge in [-0.25, -0.2) is 0 Å². The zero-order valence-corrected chi connectivity index (χ0v) is 18.7. The molecule has 1 aromatic heterocycles. The number of aryl methyl sites for hydroxylation is 1. The summed E-state index contributed by atoms with van der Waals surface area (Å²) >= 11 is 0. The first kappa shape index (κ1) is 20.8. The molecule has 0 bridgehead atoms. The molecule has 8 heteroatoms. The van der Waals surface area contributed by atoms with E-state index in [2.05, 4.69) is 30.0 Å². The molecular weight excluding hydrogens is 455 g/mol. The largest absolute Gasteiger partial charge is 0.378 e. The summed E-state index contributed by atoms with van der Waals surface area (Å²) in [6.45, 7) is 4.72. The second kappa shape index (κ2) is 10.0. The van der Waals surface area contributed by atoms with E-state index in [0.29, 0.717) is 12.6 Å². The topological polar surface area (TPSA) is 67.6 Å². The first-order valence-electron chi connectivity index (χ1n) is 10.3. The monoisotopic (exact) mass is 488 g/mol. The van der Waals surface area contributed by atoms with E-state index in [4.69, 9.17) is 4.74 Å². The quantitative estimate of drug-likeness (QED) is 0.392. The van der Waals surface area contributed by atoms with Crippen LogP contribution in [-0.2, 0) is 24.2 Å². The Bertz CT molecular complexity index is 622. The molecule has 0 radical (unpaired) electrons. The summed E-state index contributed by atoms with van der Waals surface area (Å²) in [4.78, 5) is 6.83. The standard InChI is InChI=1S/C19H32N6O.HI/c1-20-19(24-11-8-16(9-12-24)26-14-15-6-7-15)21-13-18-23-22-17-5-3-2-4-10-25(17)18;/h15-16H,2-14H2,1H3,(H,20,21);1H. The van der Waals surface area contributed by atoms with E-state index < -0.39 is 0 Å². The summed E-state index contributed by atoms with van der Waals surface area (Å²) < 4.78 is 8.35. The molecule has 152 valence electrons. The van der Waals surface area contributed by atoms with Crippen molar-refractivity contribution in [1.82, 2.24) is 25.0 Å². The minimum absolute atomic E-state index is 0. The van der Waals surface area contributed by atoms with E-state index in [1.54, 1.807) is 0 Å². The lowest BCUT2D eigenvalue weighted by molar-refractivity contribution is 0.0131. The minimum atomic E-state index is 0. The van der Waals surface area contributed by atoms with E-state index >= 15 is 0 Å². The van der Waals surface area contributed by atoms with Crippen LogP contribution in [0.2, 0.25) is 0 Å². The van der Waals surface area contributed by atoms with Gasteiger partial charge in [-0.15, -0.1) is 34.2 Å². The fourth-order valence-electron chi connectivity index (χ4n) is 3.96. The lowest BCUT2D eigenvalue weighted by atomic mass is 10.1. The lowest BCUT2D eigenvalue weighted by Gasteiger charge is -2.34. The van der Waals surface area contributed by atoms with Crippen molar-refractivity contribution in [3.63, 3.8) is 0 Å². The number of rotatable bonds is 5. The van der Waals surface area contributed by atoms with Gasteiger partial charge in [0.05, 0.1) is 12.6 Å². The molecule has 1 N–H and O–H groups in total. The Labute approximate surface area is 179 Å². The van der Waals surface area contributed by atoms with Gasteiger partial charge in [0.1, 0.15) is 5.82 Å². The lowest BCUT2D eigenvalue weighted by Crippen LogP contribution is -2.47. The van der Waals surface area contributed by atoms with Crippen LogP contribution in [0.5, 0.6) is 0 Å². The maximum atomic E-state index is 6.05. The van der Waals surface area contributed by atoms with Crippen LogP contribution in [0, 0.1) is 5.92 Å². The van der Waals surface area contributed by atoms with Crippen molar-refractivity contribution in [2.75, 3.05) is 26.7 Å². The van der Waals surface area contributed by atoms with Crippen molar-refractivity contribution in [3.8, 4) is 0 Å². The maximum Gasteiger partial charge on any atom is 0.194 e. The molecule has 0 aromatic carbocycles. The summed E-state index contributed by atoms with van der Waals surface area (Å²) in [5.74, 6) is 3.99. The molecule has 1 aliphatic carbocycles. The summed E-state index contributed by atoms with van der Waals surface area (Å²) in [7, 11) is 1.86. The molecular formula is C19H33IN6O. The molecule has 0 amide bonds. The van der Waals surface area contributed by atoms with E-state index in [0.717, 1.165) is 69.0 Å². The Hall–Kier alpha value is -0.900. The SMILES string of the molecule is CN=C(NCc1nnc2n1CCCCC2)N1CCC(OCC2CC2)CC1.I. The Balaban J connectivity index is 0.00000210. The highest BCUT2D eigenvalue weighted by Crippen LogP contribution is 2.30. The highest BCUT2D eigenvalue weighted by Gasteiger charge is 2.26. The van der Waals surface area contributed by atoms with Crippen LogP contribution in [0.3, 0.4) is 0 Å². The van der Waals surface area contributed by atoms with Gasteiger partial charge in [0.25, 0.3) is 0 Å². The van der Waals surface area contributed by atoms with E-state index in [-0.39, 0.29) is 24.0 Å². The van der Waals surface area contributed by atoms with Crippen molar-refractivity contribution in [2.24, 2.45) is 10.9 Å². The van der Waals surface area contributed by atoms with Crippen molar-refractivity contribution < 1.29 is 4.74 Å². The zero-order chi connectivity index (χ0) is 17.8. The van der Waals surface area contributed by atoms with Crippen LogP contribution in [0.4, 0.5) is 0 Å². The molecule has 1 saturated carbocycles. The molecule has 1 aromatic rings. The van der Waals surface area contributed by atoms with Gasteiger partial charge in [-0.1, -0.05) is 6.42 Å². The molecule has 7 nitrogen and oxygen atoms in total. The Morgan fingerprint density at radius 1 is 1.11 bits per heavy atom. The number of fused-ring (bicyclic) bond motifs is 1. The highest BCUT2D eigenvalue weighted by molar-refractivity contribution is 14.0. The third-order valence-electron chi connectivity index (χ3n) is 5.81. The van der Waals surface area contributed by atoms with Gasteiger partial charge in [-0.2, -0.15) is 0 Å². The summed E-state index contributed by atoms with van der Waals surface area (Å²) in [5, 5.41) is 12.3. The summed E-state index contributed by atoms with van der Waals surface area (Å²) in [5.41, 5.74) is 0. The molecule has 2 fully saturated rings. The van der Waals surface area contributed by atoms with E-state index in [9.17, 15) is 0 Å². The van der Waals surface area contributed by atoms with Gasteiger partial charge in [0.2, 0.25) is 0 Å². The van der Waals surface area contributed by atoms with Crippen LogP contribution in [0.25, 0.3) is 0 Å². The highest BCUT2D eigenvalue weighted by atomic mass is 127. The average Bonchev–Trinajstić information content (AvgIpc) is 3.47. The maximum absolute atomic E-state index is 6.05. The minimum Gasteiger partial charge on any atom is -0.378 e. The number of likely N-dealkylation sites (tertiary alicyclic amines) is 1. The van der Waals surface area contributed by atoms with Gasteiger partial charge in [-0.05, 0) is 44.4 Å². The number of hydrogen-bond acceptors (Lipinski definition) is 4. The van der Waals surface area contributed by atoms with Crippen molar-refractivity contribution in [3.05, 3.63) is 11.6 Å². The van der Waals surface area contributed by atoms with Gasteiger partial charge in [0.15, 0.2) is 11.8 Å². The first-order chi connectivity index (χ1) is 12.8. The van der Waals surface area contributed by atoms with E-state index in [1.165, 1.54) is 32.1 Å². The van der Waals surface area contributed by atoms with E-state index in [1.807, 2.05) is 7.05 Å².